The second kappa shape index (κ2) is 39.1. The van der Waals surface area contributed by atoms with E-state index in [0.717, 1.165) is 176 Å². The van der Waals surface area contributed by atoms with Crippen LogP contribution in [0.4, 0.5) is 5.82 Å². The van der Waals surface area contributed by atoms with Crippen LogP contribution >= 0.6 is 34.8 Å². The first-order valence-corrected chi connectivity index (χ1v) is 40.2. The molecule has 3 unspecified atom stereocenters. The summed E-state index contributed by atoms with van der Waals surface area (Å²) in [5, 5.41) is 27.1. The van der Waals surface area contributed by atoms with E-state index in [9.17, 15) is 19.6 Å². The number of benzene rings is 8. The second-order valence-corrected chi connectivity index (χ2v) is 30.7. The SMILES string of the molecule is CC(CNCCCn1cc(C(=O)NCc2cccc(Cl)c2)c2ccccc21)c1ccccc1.N#Cc1cccnc1N1CCCN(CCCn2cc(C(=O)NCc3cccc(Cl)c3)c3ccccc32)CC1.O=C(NCc1cccc(Cl)c1)c1cn(CCCN2C3CCC2CC(CCc2ccccc2)C3)c2ccccc12. The van der Waals surface area contributed by atoms with Crippen LogP contribution < -0.4 is 26.2 Å². The van der Waals surface area contributed by atoms with E-state index in [1.54, 1.807) is 6.20 Å². The molecule has 15 nitrogen and oxygen atoms in total. The zero-order valence-corrected chi connectivity index (χ0v) is 65.1. The smallest absolute Gasteiger partial charge is 0.253 e. The highest BCUT2D eigenvalue weighted by atomic mass is 35.5. The van der Waals surface area contributed by atoms with Gasteiger partial charge in [0.1, 0.15) is 11.9 Å². The number of para-hydroxylation sites is 3. The number of carbonyl (C=O) groups is 3. The minimum atomic E-state index is -0.0844. The minimum absolute atomic E-state index is 0.0412. The maximum absolute atomic E-state index is 13.2. The number of halogens is 3. The molecule has 3 amide bonds. The molecule has 566 valence electrons. The molecule has 0 spiro atoms. The van der Waals surface area contributed by atoms with Gasteiger partial charge in [0.2, 0.25) is 0 Å². The van der Waals surface area contributed by atoms with E-state index in [2.05, 4.69) is 159 Å². The second-order valence-electron chi connectivity index (χ2n) is 29.4. The molecule has 7 heterocycles. The van der Waals surface area contributed by atoms with Crippen LogP contribution in [0, 0.1) is 17.2 Å². The van der Waals surface area contributed by atoms with Gasteiger partial charge in [-0.05, 0) is 190 Å². The van der Waals surface area contributed by atoms with E-state index in [1.807, 2.05) is 146 Å². The molecule has 15 rings (SSSR count). The van der Waals surface area contributed by atoms with Gasteiger partial charge in [0.15, 0.2) is 0 Å². The molecule has 3 saturated heterocycles. The van der Waals surface area contributed by atoms with Crippen molar-refractivity contribution in [2.45, 2.75) is 128 Å². The lowest BCUT2D eigenvalue weighted by Gasteiger charge is -2.39. The summed E-state index contributed by atoms with van der Waals surface area (Å²) >= 11 is 18.3. The number of fused-ring (bicyclic) bond motifs is 5. The number of nitrogens with zero attached hydrogens (tertiary/aromatic N) is 8. The lowest BCUT2D eigenvalue weighted by Crippen LogP contribution is -2.43. The molecule has 12 aromatic rings. The van der Waals surface area contributed by atoms with E-state index in [-0.39, 0.29) is 17.7 Å². The molecule has 8 aromatic carbocycles. The summed E-state index contributed by atoms with van der Waals surface area (Å²) < 4.78 is 6.66. The van der Waals surface area contributed by atoms with E-state index in [0.29, 0.717) is 57.3 Å². The minimum Gasteiger partial charge on any atom is -0.354 e. The average molecular weight is 1530 g/mol. The molecule has 2 bridgehead atoms. The number of hydrogen-bond donors (Lipinski definition) is 4. The van der Waals surface area contributed by atoms with Crippen molar-refractivity contribution >= 4 is 91.1 Å². The highest BCUT2D eigenvalue weighted by molar-refractivity contribution is 6.31. The quantitative estimate of drug-likeness (QED) is 0.0350. The maximum Gasteiger partial charge on any atom is 0.253 e. The first-order valence-electron chi connectivity index (χ1n) is 39.1. The first-order chi connectivity index (χ1) is 53.9. The van der Waals surface area contributed by atoms with Gasteiger partial charge in [0.05, 0.1) is 22.3 Å². The third-order valence-corrected chi connectivity index (χ3v) is 22.6. The molecule has 3 atom stereocenters. The van der Waals surface area contributed by atoms with Crippen molar-refractivity contribution in [2.24, 2.45) is 5.92 Å². The van der Waals surface area contributed by atoms with E-state index >= 15 is 0 Å². The zero-order valence-electron chi connectivity index (χ0n) is 62.8. The molecule has 3 aliphatic heterocycles. The van der Waals surface area contributed by atoms with Crippen LogP contribution in [0.15, 0.2) is 243 Å². The number of carbonyl (C=O) groups excluding carboxylic acids is 3. The summed E-state index contributed by atoms with van der Waals surface area (Å²) in [5.41, 5.74) is 11.8. The van der Waals surface area contributed by atoms with Crippen molar-refractivity contribution in [2.75, 3.05) is 57.3 Å². The number of piperidine rings is 1. The van der Waals surface area contributed by atoms with Gasteiger partial charge in [0, 0.05) is 157 Å². The van der Waals surface area contributed by atoms with Crippen LogP contribution in [0.2, 0.25) is 15.1 Å². The van der Waals surface area contributed by atoms with Crippen LogP contribution in [0.1, 0.15) is 135 Å². The zero-order chi connectivity index (χ0) is 76.0. The Bertz CT molecular complexity index is 5060. The van der Waals surface area contributed by atoms with Gasteiger partial charge in [-0.1, -0.05) is 193 Å². The third-order valence-electron chi connectivity index (χ3n) is 21.8. The van der Waals surface area contributed by atoms with Crippen molar-refractivity contribution in [1.82, 2.24) is 49.8 Å². The standard InChI is InChI=1S/C34H38ClN3O.C30H31ClN6O.C28H30ClN3O/c35-28-11-6-10-27(20-28)23-36-34(39)32-24-37(33-13-5-4-12-31(32)33)18-7-19-38-29-16-17-30(38)22-26(21-29)15-14-25-8-2-1-3-9-25;31-25-9-3-7-23(19-25)21-34-30(38)27-22-37(28-11-2-1-10-26(27)28)16-6-14-35-13-5-15-36(18-17-35)29-24(20-32)8-4-12-33-29;1-21(23-10-3-2-4-11-23)18-30-15-8-16-32-20-26(25-13-5-6-14-27(25)32)28(33)31-19-22-9-7-12-24(29)17-22/h1-6,8-13,20,24,26,29-30H,7,14-19,21-23H2,(H,36,39);1-4,7-12,19,22H,5-6,13-18,21H2,(H,34,38);2-7,9-14,17,20-21,30H,8,15-16,18-19H2,1H3,(H,31,33). The highest BCUT2D eigenvalue weighted by Crippen LogP contribution is 2.41. The number of rotatable bonds is 28. The van der Waals surface area contributed by atoms with Crippen LogP contribution in [0.25, 0.3) is 32.7 Å². The highest BCUT2D eigenvalue weighted by Gasteiger charge is 2.40. The number of anilines is 1. The molecule has 0 radical (unpaired) electrons. The Kier molecular flexibility index (Phi) is 27.7. The molecule has 4 N–H and O–H groups in total. The van der Waals surface area contributed by atoms with Crippen molar-refractivity contribution in [3.05, 3.63) is 308 Å². The summed E-state index contributed by atoms with van der Waals surface area (Å²) in [4.78, 5) is 51.2. The Labute approximate surface area is 662 Å². The molecule has 110 heavy (non-hydrogen) atoms. The van der Waals surface area contributed by atoms with Gasteiger partial charge in [0.25, 0.3) is 17.7 Å². The van der Waals surface area contributed by atoms with Gasteiger partial charge >= 0.3 is 0 Å². The van der Waals surface area contributed by atoms with Crippen molar-refractivity contribution < 1.29 is 14.4 Å². The lowest BCUT2D eigenvalue weighted by molar-refractivity contribution is 0.0944. The number of aromatic nitrogens is 4. The summed E-state index contributed by atoms with van der Waals surface area (Å²) in [6, 6.07) is 76.1. The Morgan fingerprint density at radius 2 is 0.964 bits per heavy atom. The third kappa shape index (κ3) is 20.9. The fourth-order valence-corrected chi connectivity index (χ4v) is 16.9. The normalized spacial score (nSPS) is 16.0. The number of pyridine rings is 1. The summed E-state index contributed by atoms with van der Waals surface area (Å²) in [5.74, 6) is 1.93. The lowest BCUT2D eigenvalue weighted by atomic mass is 9.86. The van der Waals surface area contributed by atoms with Crippen LogP contribution in [-0.4, -0.2) is 111 Å². The number of hydrogen-bond acceptors (Lipinski definition) is 9. The topological polar surface area (TPSA) is 161 Å². The van der Waals surface area contributed by atoms with Gasteiger partial charge < -0.3 is 44.8 Å². The fourth-order valence-electron chi connectivity index (χ4n) is 16.2. The number of nitrogens with one attached hydrogen (secondary N) is 4. The summed E-state index contributed by atoms with van der Waals surface area (Å²) in [6.45, 7) is 13.9. The van der Waals surface area contributed by atoms with Crippen molar-refractivity contribution in [1.29, 1.82) is 5.26 Å². The van der Waals surface area contributed by atoms with Gasteiger partial charge in [-0.15, -0.1) is 0 Å². The van der Waals surface area contributed by atoms with E-state index in [4.69, 9.17) is 34.8 Å². The first kappa shape index (κ1) is 78.1. The van der Waals surface area contributed by atoms with E-state index in [1.165, 1.54) is 49.7 Å². The Hall–Kier alpha value is -10.0. The Balaban J connectivity index is 0.000000146. The van der Waals surface area contributed by atoms with Gasteiger partial charge in [-0.25, -0.2) is 4.98 Å². The molecule has 4 aromatic heterocycles. The average Bonchev–Trinajstić information content (AvgIpc) is 1.67. The number of aryl methyl sites for hydroxylation is 4. The molecule has 3 fully saturated rings. The van der Waals surface area contributed by atoms with Gasteiger partial charge in [-0.3, -0.25) is 19.3 Å². The number of nitriles is 1. The summed E-state index contributed by atoms with van der Waals surface area (Å²) in [6.07, 6.45) is 19.8. The Morgan fingerprint density at radius 1 is 0.500 bits per heavy atom. The molecular weight excluding hydrogens is 1430 g/mol. The largest absolute Gasteiger partial charge is 0.354 e. The predicted octanol–water partition coefficient (Wildman–Crippen LogP) is 18.6. The van der Waals surface area contributed by atoms with Crippen LogP contribution in [0.3, 0.4) is 0 Å². The summed E-state index contributed by atoms with van der Waals surface area (Å²) in [7, 11) is 0. The monoisotopic (exact) mass is 1520 g/mol. The molecule has 0 saturated carbocycles. The Morgan fingerprint density at radius 3 is 1.46 bits per heavy atom. The van der Waals surface area contributed by atoms with Crippen LogP contribution in [0.5, 0.6) is 0 Å². The molecular formula is C92H99Cl3N12O3. The fraction of sp³-hybridized carbons (Fsp3) is 0.315. The predicted molar refractivity (Wildman–Crippen MR) is 448 cm³/mol. The molecule has 18 heteroatoms. The van der Waals surface area contributed by atoms with E-state index < -0.39 is 0 Å². The molecule has 3 aliphatic rings. The number of amides is 3. The van der Waals surface area contributed by atoms with Crippen molar-refractivity contribution in [3.63, 3.8) is 0 Å². The van der Waals surface area contributed by atoms with Gasteiger partial charge in [-0.2, -0.15) is 5.26 Å². The van der Waals surface area contributed by atoms with Crippen molar-refractivity contribution in [3.8, 4) is 6.07 Å². The molecule has 0 aliphatic carbocycles. The van der Waals surface area contributed by atoms with Crippen LogP contribution in [-0.2, 0) is 45.7 Å². The maximum atomic E-state index is 13.2.